The topological polar surface area (TPSA) is 127 Å². The number of anilines is 1. The Balaban J connectivity index is 1.50. The molecule has 1 saturated carbocycles. The van der Waals surface area contributed by atoms with Crippen molar-refractivity contribution in [1.82, 2.24) is 9.88 Å². The van der Waals surface area contributed by atoms with Crippen LogP contribution in [0.1, 0.15) is 37.8 Å². The molecular formula is C18H27N5O3. The lowest BCUT2D eigenvalue weighted by atomic mass is 9.79. The molecule has 0 spiro atoms. The molecule has 1 aliphatic carbocycles. The fourth-order valence-electron chi connectivity index (χ4n) is 4.04. The minimum atomic E-state index is -1.03. The summed E-state index contributed by atoms with van der Waals surface area (Å²) in [5, 5.41) is 26.7. The molecule has 1 aromatic rings. The first-order valence-corrected chi connectivity index (χ1v) is 9.10. The maximum absolute atomic E-state index is 10.9. The Bertz CT molecular complexity index is 647. The molecule has 0 radical (unpaired) electrons. The van der Waals surface area contributed by atoms with E-state index in [1.807, 2.05) is 6.07 Å². The lowest BCUT2D eigenvalue weighted by Crippen LogP contribution is -2.52. The summed E-state index contributed by atoms with van der Waals surface area (Å²) in [5.41, 5.74) is 5.93. The second-order valence-electron chi connectivity index (χ2n) is 7.36. The van der Waals surface area contributed by atoms with E-state index in [9.17, 15) is 9.90 Å². The first-order chi connectivity index (χ1) is 12.4. The molecule has 0 atom stereocenters. The van der Waals surface area contributed by atoms with Gasteiger partial charge in [-0.15, -0.1) is 0 Å². The molecule has 2 aliphatic rings. The molecule has 2 heterocycles. The summed E-state index contributed by atoms with van der Waals surface area (Å²) in [7, 11) is 0. The first-order valence-electron chi connectivity index (χ1n) is 9.10. The molecule has 0 aromatic carbocycles. The number of nitrogens with one attached hydrogen (secondary N) is 1. The maximum Gasteiger partial charge on any atom is 0.306 e. The van der Waals surface area contributed by atoms with Gasteiger partial charge >= 0.3 is 5.97 Å². The Morgan fingerprint density at radius 3 is 2.42 bits per heavy atom. The van der Waals surface area contributed by atoms with E-state index in [-0.39, 0.29) is 12.3 Å². The molecule has 8 nitrogen and oxygen atoms in total. The number of piperazine rings is 1. The summed E-state index contributed by atoms with van der Waals surface area (Å²) in [5.74, 6) is -0.953. The van der Waals surface area contributed by atoms with Crippen LogP contribution in [0.4, 0.5) is 5.69 Å². The Kier molecular flexibility index (Phi) is 5.43. The summed E-state index contributed by atoms with van der Waals surface area (Å²) in [4.78, 5) is 19.8. The third-order valence-electron chi connectivity index (χ3n) is 5.59. The molecule has 2 fully saturated rings. The zero-order valence-electron chi connectivity index (χ0n) is 14.9. The van der Waals surface area contributed by atoms with Gasteiger partial charge in [-0.25, -0.2) is 0 Å². The van der Waals surface area contributed by atoms with E-state index in [1.165, 1.54) is 0 Å². The van der Waals surface area contributed by atoms with E-state index in [1.54, 1.807) is 12.3 Å². The molecule has 3 rings (SSSR count). The van der Waals surface area contributed by atoms with E-state index in [2.05, 4.69) is 14.8 Å². The van der Waals surface area contributed by atoms with Crippen LogP contribution >= 0.6 is 0 Å². The van der Waals surface area contributed by atoms with Crippen molar-refractivity contribution in [3.63, 3.8) is 0 Å². The van der Waals surface area contributed by atoms with Crippen LogP contribution in [0.3, 0.4) is 0 Å². The number of carbonyl (C=O) groups is 1. The van der Waals surface area contributed by atoms with Gasteiger partial charge in [-0.1, -0.05) is 0 Å². The van der Waals surface area contributed by atoms with E-state index >= 15 is 0 Å². The number of amidine groups is 1. The maximum atomic E-state index is 10.9. The highest BCUT2D eigenvalue weighted by Gasteiger charge is 2.37. The number of pyridine rings is 1. The molecule has 1 aliphatic heterocycles. The molecule has 0 bridgehead atoms. The largest absolute Gasteiger partial charge is 0.481 e. The number of carboxylic acid groups (broad SMARTS) is 1. The van der Waals surface area contributed by atoms with Gasteiger partial charge < -0.3 is 20.8 Å². The number of rotatable bonds is 5. The van der Waals surface area contributed by atoms with Gasteiger partial charge in [-0.05, 0) is 37.8 Å². The van der Waals surface area contributed by atoms with E-state index in [0.717, 1.165) is 44.7 Å². The zero-order chi connectivity index (χ0) is 18.7. The SMILES string of the molecule is N=C(N)c1ccc(N2CCN(C3CCC(O)(CC(=O)O)CC3)CC2)cn1. The number of aliphatic carboxylic acids is 1. The summed E-state index contributed by atoms with van der Waals surface area (Å²) in [6, 6.07) is 4.14. The molecule has 0 unspecified atom stereocenters. The highest BCUT2D eigenvalue weighted by Crippen LogP contribution is 2.34. The van der Waals surface area contributed by atoms with Crippen LogP contribution in [0.15, 0.2) is 18.3 Å². The van der Waals surface area contributed by atoms with Crippen LogP contribution < -0.4 is 10.6 Å². The van der Waals surface area contributed by atoms with Gasteiger partial charge in [0.05, 0.1) is 23.9 Å². The monoisotopic (exact) mass is 361 g/mol. The van der Waals surface area contributed by atoms with Gasteiger partial charge in [0.2, 0.25) is 0 Å². The normalized spacial score (nSPS) is 27.3. The predicted molar refractivity (Wildman–Crippen MR) is 98.5 cm³/mol. The molecule has 5 N–H and O–H groups in total. The van der Waals surface area contributed by atoms with Crippen LogP contribution in [-0.4, -0.2) is 69.7 Å². The van der Waals surface area contributed by atoms with Gasteiger partial charge in [-0.3, -0.25) is 20.1 Å². The van der Waals surface area contributed by atoms with Crippen molar-refractivity contribution in [3.8, 4) is 0 Å². The number of hydrogen-bond acceptors (Lipinski definition) is 6. The fraction of sp³-hybridized carbons (Fsp3) is 0.611. The van der Waals surface area contributed by atoms with Crippen molar-refractivity contribution in [3.05, 3.63) is 24.0 Å². The van der Waals surface area contributed by atoms with Crippen LogP contribution in [0.25, 0.3) is 0 Å². The Labute approximate surface area is 153 Å². The van der Waals surface area contributed by atoms with Gasteiger partial charge in [0, 0.05) is 32.2 Å². The van der Waals surface area contributed by atoms with Gasteiger partial charge in [0.15, 0.2) is 0 Å². The Hall–Kier alpha value is -2.19. The first kappa shape index (κ1) is 18.6. The van der Waals surface area contributed by atoms with E-state index < -0.39 is 11.6 Å². The molecule has 142 valence electrons. The van der Waals surface area contributed by atoms with E-state index in [0.29, 0.717) is 24.6 Å². The molecule has 1 aromatic heterocycles. The van der Waals surface area contributed by atoms with Crippen molar-refractivity contribution in [2.75, 3.05) is 31.1 Å². The minimum Gasteiger partial charge on any atom is -0.481 e. The molecule has 26 heavy (non-hydrogen) atoms. The fourth-order valence-corrected chi connectivity index (χ4v) is 4.04. The average Bonchev–Trinajstić information content (AvgIpc) is 2.62. The summed E-state index contributed by atoms with van der Waals surface area (Å²) < 4.78 is 0. The van der Waals surface area contributed by atoms with Gasteiger partial charge in [0.25, 0.3) is 0 Å². The average molecular weight is 361 g/mol. The molecule has 8 heteroatoms. The molecular weight excluding hydrogens is 334 g/mol. The number of aromatic nitrogens is 1. The lowest BCUT2D eigenvalue weighted by Gasteiger charge is -2.44. The second kappa shape index (κ2) is 7.59. The highest BCUT2D eigenvalue weighted by molar-refractivity contribution is 5.93. The van der Waals surface area contributed by atoms with Crippen LogP contribution in [-0.2, 0) is 4.79 Å². The number of nitrogen functional groups attached to an aromatic ring is 1. The van der Waals surface area contributed by atoms with Crippen molar-refractivity contribution in [2.45, 2.75) is 43.7 Å². The minimum absolute atomic E-state index is 0.0264. The number of hydrogen-bond donors (Lipinski definition) is 4. The van der Waals surface area contributed by atoms with Crippen molar-refractivity contribution in [1.29, 1.82) is 5.41 Å². The predicted octanol–water partition coefficient (Wildman–Crippen LogP) is 0.636. The third-order valence-corrected chi connectivity index (χ3v) is 5.59. The number of nitrogens with zero attached hydrogens (tertiary/aromatic N) is 3. The molecule has 1 saturated heterocycles. The van der Waals surface area contributed by atoms with Crippen molar-refractivity contribution >= 4 is 17.5 Å². The Morgan fingerprint density at radius 2 is 1.92 bits per heavy atom. The Morgan fingerprint density at radius 1 is 1.27 bits per heavy atom. The van der Waals surface area contributed by atoms with Crippen molar-refractivity contribution in [2.24, 2.45) is 5.73 Å². The standard InChI is InChI=1S/C18H27N5O3/c19-17(20)15-2-1-14(12-21-15)23-9-7-22(8-10-23)13-3-5-18(26,6-4-13)11-16(24)25/h1-2,12-13,26H,3-11H2,(H3,19,20)(H,24,25). The quantitative estimate of drug-likeness (QED) is 0.448. The zero-order valence-corrected chi connectivity index (χ0v) is 14.9. The molecule has 0 amide bonds. The second-order valence-corrected chi connectivity index (χ2v) is 7.36. The highest BCUT2D eigenvalue weighted by atomic mass is 16.4. The van der Waals surface area contributed by atoms with E-state index in [4.69, 9.17) is 16.2 Å². The number of carboxylic acids is 1. The summed E-state index contributed by atoms with van der Waals surface area (Å²) in [6.45, 7) is 3.68. The summed E-state index contributed by atoms with van der Waals surface area (Å²) in [6.07, 6.45) is 4.41. The van der Waals surface area contributed by atoms with Crippen LogP contribution in [0.5, 0.6) is 0 Å². The van der Waals surface area contributed by atoms with Gasteiger partial charge in [-0.2, -0.15) is 0 Å². The number of nitrogens with two attached hydrogens (primary N) is 1. The smallest absolute Gasteiger partial charge is 0.306 e. The van der Waals surface area contributed by atoms with Gasteiger partial charge in [0.1, 0.15) is 11.5 Å². The number of aliphatic hydroxyl groups is 1. The third kappa shape index (κ3) is 4.31. The van der Waals surface area contributed by atoms with Crippen LogP contribution in [0.2, 0.25) is 0 Å². The lowest BCUT2D eigenvalue weighted by molar-refractivity contribution is -0.144. The van der Waals surface area contributed by atoms with Crippen LogP contribution in [0, 0.1) is 5.41 Å². The summed E-state index contributed by atoms with van der Waals surface area (Å²) >= 11 is 0. The van der Waals surface area contributed by atoms with Crippen molar-refractivity contribution < 1.29 is 15.0 Å².